The summed E-state index contributed by atoms with van der Waals surface area (Å²) in [5, 5.41) is 14.5. The number of hydrogen-bond acceptors (Lipinski definition) is 5. The number of fused-ring (bicyclic) bond motifs is 3. The maximum atomic E-state index is 14.9. The van der Waals surface area contributed by atoms with E-state index in [-0.39, 0.29) is 30.4 Å². The number of esters is 1. The third kappa shape index (κ3) is 3.36. The molecule has 5 rings (SSSR count). The minimum atomic E-state index is -1.85. The zero-order valence-corrected chi connectivity index (χ0v) is 21.4. The van der Waals surface area contributed by atoms with Crippen molar-refractivity contribution in [1.82, 2.24) is 9.88 Å². The van der Waals surface area contributed by atoms with E-state index >= 15 is 0 Å². The van der Waals surface area contributed by atoms with Crippen molar-refractivity contribution in [3.8, 4) is 0 Å². The van der Waals surface area contributed by atoms with Crippen LogP contribution >= 0.6 is 0 Å². The van der Waals surface area contributed by atoms with Crippen LogP contribution in [0.4, 0.5) is 4.39 Å². The Morgan fingerprint density at radius 3 is 2.69 bits per heavy atom. The molecule has 2 N–H and O–H groups in total. The summed E-state index contributed by atoms with van der Waals surface area (Å²) >= 11 is 0. The number of ether oxygens (including phenoxy) is 1. The van der Waals surface area contributed by atoms with Gasteiger partial charge in [-0.2, -0.15) is 0 Å². The highest BCUT2D eigenvalue weighted by atomic mass is 19.1. The molecule has 0 saturated carbocycles. The van der Waals surface area contributed by atoms with Gasteiger partial charge in [-0.15, -0.1) is 0 Å². The number of carbonyl (C=O) groups excluding carboxylic acids is 1. The van der Waals surface area contributed by atoms with Crippen molar-refractivity contribution in [3.63, 3.8) is 0 Å². The predicted molar refractivity (Wildman–Crippen MR) is 137 cm³/mol. The quantitative estimate of drug-likeness (QED) is 0.633. The van der Waals surface area contributed by atoms with E-state index in [9.17, 15) is 19.1 Å². The van der Waals surface area contributed by atoms with Crippen molar-refractivity contribution in [1.29, 1.82) is 0 Å². The van der Waals surface area contributed by atoms with Gasteiger partial charge in [0.15, 0.2) is 5.60 Å². The van der Waals surface area contributed by atoms with Crippen molar-refractivity contribution in [2.24, 2.45) is 0 Å². The number of pyridine rings is 1. The number of aromatic nitrogens is 1. The molecule has 36 heavy (non-hydrogen) atoms. The predicted octanol–water partition coefficient (Wildman–Crippen LogP) is 3.92. The molecule has 1 aromatic carbocycles. The van der Waals surface area contributed by atoms with Gasteiger partial charge in [0.2, 0.25) is 0 Å². The third-order valence-electron chi connectivity index (χ3n) is 8.26. The molecule has 2 aromatic rings. The van der Waals surface area contributed by atoms with Gasteiger partial charge in [0, 0.05) is 11.6 Å². The van der Waals surface area contributed by atoms with E-state index in [2.05, 4.69) is 18.8 Å². The average Bonchev–Trinajstić information content (AvgIpc) is 3.20. The molecule has 2 unspecified atom stereocenters. The van der Waals surface area contributed by atoms with Gasteiger partial charge in [0.1, 0.15) is 12.4 Å². The van der Waals surface area contributed by atoms with E-state index in [1.807, 2.05) is 14.0 Å². The Morgan fingerprint density at radius 1 is 1.28 bits per heavy atom. The molecular weight excluding hydrogens is 459 g/mol. The second kappa shape index (κ2) is 8.82. The summed E-state index contributed by atoms with van der Waals surface area (Å²) < 4.78 is 21.7. The first kappa shape index (κ1) is 24.7. The highest BCUT2D eigenvalue weighted by molar-refractivity contribution is 5.94. The molecule has 2 atom stereocenters. The van der Waals surface area contributed by atoms with Crippen LogP contribution in [0.1, 0.15) is 72.2 Å². The SMILES string of the molecule is C=C1/C(=C2\c3c(CCC)cc(F)c(C)c3CCC2NC)Cn2c1cc1c(c2=O)COC(=O)C1(O)CC. The number of allylic oxidation sites excluding steroid dienone is 2. The first-order chi connectivity index (χ1) is 17.2. The van der Waals surface area contributed by atoms with Gasteiger partial charge in [0.25, 0.3) is 5.56 Å². The molecule has 0 saturated heterocycles. The molecule has 6 nitrogen and oxygen atoms in total. The smallest absolute Gasteiger partial charge is 0.343 e. The molecule has 0 bridgehead atoms. The fourth-order valence-electron chi connectivity index (χ4n) is 6.19. The van der Waals surface area contributed by atoms with Crippen LogP contribution in [0, 0.1) is 12.7 Å². The van der Waals surface area contributed by atoms with Crippen molar-refractivity contribution in [2.75, 3.05) is 7.05 Å². The van der Waals surface area contributed by atoms with Gasteiger partial charge >= 0.3 is 5.97 Å². The van der Waals surface area contributed by atoms with Crippen LogP contribution in [0.25, 0.3) is 11.1 Å². The van der Waals surface area contributed by atoms with Crippen LogP contribution < -0.4 is 10.9 Å². The molecule has 1 aromatic heterocycles. The summed E-state index contributed by atoms with van der Waals surface area (Å²) in [4.78, 5) is 26.0. The molecule has 0 spiro atoms. The first-order valence-corrected chi connectivity index (χ1v) is 12.8. The summed E-state index contributed by atoms with van der Waals surface area (Å²) in [7, 11) is 1.92. The van der Waals surface area contributed by atoms with E-state index < -0.39 is 11.6 Å². The van der Waals surface area contributed by atoms with Crippen LogP contribution in [0.3, 0.4) is 0 Å². The van der Waals surface area contributed by atoms with E-state index in [0.29, 0.717) is 34.5 Å². The van der Waals surface area contributed by atoms with Gasteiger partial charge in [-0.3, -0.25) is 4.79 Å². The van der Waals surface area contributed by atoms with Gasteiger partial charge in [-0.05, 0) is 90.8 Å². The van der Waals surface area contributed by atoms with Crippen molar-refractivity contribution < 1.29 is 19.0 Å². The Balaban J connectivity index is 1.77. The number of aliphatic hydroxyl groups is 1. The zero-order valence-electron chi connectivity index (χ0n) is 21.4. The second-order valence-electron chi connectivity index (χ2n) is 10.1. The molecule has 7 heteroatoms. The molecule has 190 valence electrons. The number of halogens is 1. The highest BCUT2D eigenvalue weighted by Gasteiger charge is 2.45. The van der Waals surface area contributed by atoms with Crippen LogP contribution in [0.2, 0.25) is 0 Å². The summed E-state index contributed by atoms with van der Waals surface area (Å²) in [6, 6.07) is 3.43. The molecule has 0 fully saturated rings. The largest absolute Gasteiger partial charge is 0.458 e. The number of rotatable bonds is 4. The Labute approximate surface area is 210 Å². The minimum Gasteiger partial charge on any atom is -0.458 e. The number of cyclic esters (lactones) is 1. The third-order valence-corrected chi connectivity index (χ3v) is 8.26. The number of nitrogens with one attached hydrogen (secondary N) is 1. The summed E-state index contributed by atoms with van der Waals surface area (Å²) in [5.74, 6) is -0.910. The summed E-state index contributed by atoms with van der Waals surface area (Å²) in [6.07, 6.45) is 3.32. The fourth-order valence-corrected chi connectivity index (χ4v) is 6.19. The highest BCUT2D eigenvalue weighted by Crippen LogP contribution is 2.45. The molecular formula is C29H33FN2O4. The Hall–Kier alpha value is -3.03. The topological polar surface area (TPSA) is 80.6 Å². The van der Waals surface area contributed by atoms with E-state index in [0.717, 1.165) is 53.5 Å². The normalized spacial score (nSPS) is 24.9. The average molecular weight is 493 g/mol. The number of aryl methyl sites for hydroxylation is 1. The Bertz CT molecular complexity index is 1400. The van der Waals surface area contributed by atoms with Crippen LogP contribution in [-0.4, -0.2) is 28.7 Å². The number of likely N-dealkylation sites (N-methyl/N-ethyl adjacent to an activating group) is 1. The van der Waals surface area contributed by atoms with Crippen molar-refractivity contribution in [2.45, 2.75) is 77.7 Å². The number of carbonyl (C=O) groups is 1. The van der Waals surface area contributed by atoms with Gasteiger partial charge < -0.3 is 19.7 Å². The summed E-state index contributed by atoms with van der Waals surface area (Å²) in [5.41, 5.74) is 5.53. The Kier molecular flexibility index (Phi) is 6.04. The number of nitrogens with zero attached hydrogens (tertiary/aromatic N) is 1. The lowest BCUT2D eigenvalue weighted by Gasteiger charge is -2.33. The van der Waals surface area contributed by atoms with E-state index in [1.165, 1.54) is 0 Å². The molecule has 2 aliphatic heterocycles. The number of benzene rings is 1. The van der Waals surface area contributed by atoms with Gasteiger partial charge in [-0.1, -0.05) is 26.8 Å². The van der Waals surface area contributed by atoms with Gasteiger partial charge in [-0.25, -0.2) is 9.18 Å². The lowest BCUT2D eigenvalue weighted by atomic mass is 9.75. The summed E-state index contributed by atoms with van der Waals surface area (Å²) in [6.45, 7) is 10.2. The van der Waals surface area contributed by atoms with Crippen LogP contribution in [-0.2, 0) is 41.1 Å². The lowest BCUT2D eigenvalue weighted by Crippen LogP contribution is -2.44. The standard InChI is InChI=1S/C29H33FN2O4/c1-6-8-17-11-22(30)15(3)18-9-10-23(31-5)26(25(17)18)19-13-32-24(16(19)4)12-21-20(27(32)33)14-36-28(34)29(21,35)7-2/h11-12,23,31,35H,4,6-10,13-14H2,1-3,5H3/b26-19-. The molecule has 3 heterocycles. The minimum absolute atomic E-state index is 0.0295. The second-order valence-corrected chi connectivity index (χ2v) is 10.1. The van der Waals surface area contributed by atoms with Crippen molar-refractivity contribution >= 4 is 17.1 Å². The van der Waals surface area contributed by atoms with Crippen LogP contribution in [0.15, 0.2) is 29.1 Å². The zero-order chi connectivity index (χ0) is 25.9. The number of hydrogen-bond donors (Lipinski definition) is 2. The molecule has 0 radical (unpaired) electrons. The first-order valence-electron chi connectivity index (χ1n) is 12.8. The van der Waals surface area contributed by atoms with Gasteiger partial charge in [0.05, 0.1) is 17.8 Å². The van der Waals surface area contributed by atoms with Crippen LogP contribution in [0.5, 0.6) is 0 Å². The Morgan fingerprint density at radius 2 is 2.03 bits per heavy atom. The maximum Gasteiger partial charge on any atom is 0.343 e. The fraction of sp³-hybridized carbons (Fsp3) is 0.448. The monoisotopic (exact) mass is 492 g/mol. The van der Waals surface area contributed by atoms with Crippen molar-refractivity contribution in [3.05, 3.63) is 79.5 Å². The molecule has 3 aliphatic rings. The maximum absolute atomic E-state index is 14.9. The molecule has 1 aliphatic carbocycles. The molecule has 0 amide bonds. The van der Waals surface area contributed by atoms with E-state index in [1.54, 1.807) is 23.6 Å². The lowest BCUT2D eigenvalue weighted by molar-refractivity contribution is -0.172. The van der Waals surface area contributed by atoms with E-state index in [4.69, 9.17) is 4.74 Å².